The molecular weight excluding hydrogens is 419 g/mol. The van der Waals surface area contributed by atoms with Crippen LogP contribution in [0.4, 0.5) is 13.2 Å². The quantitative estimate of drug-likeness (QED) is 0.453. The number of aryl methyl sites for hydroxylation is 1. The van der Waals surface area contributed by atoms with Crippen LogP contribution in [0.5, 0.6) is 5.75 Å². The van der Waals surface area contributed by atoms with E-state index in [1.807, 2.05) is 12.1 Å². The highest BCUT2D eigenvalue weighted by atomic mass is 19.4. The third-order valence-corrected chi connectivity index (χ3v) is 4.88. The Balaban J connectivity index is 1.71. The SMILES string of the molecule is Cn1cnc2c(C#N)nc(-c3ccc(OCc4ccc(C#N)cc4)c(C(F)(F)F)c3)cc21. The molecule has 0 radical (unpaired) electrons. The van der Waals surface area contributed by atoms with Crippen molar-refractivity contribution in [2.45, 2.75) is 12.8 Å². The number of nitriles is 2. The second-order valence-electron chi connectivity index (χ2n) is 7.00. The number of hydrogen-bond donors (Lipinski definition) is 0. The number of imidazole rings is 1. The van der Waals surface area contributed by atoms with Crippen molar-refractivity contribution in [2.75, 3.05) is 0 Å². The molecule has 0 aliphatic heterocycles. The molecule has 0 spiro atoms. The summed E-state index contributed by atoms with van der Waals surface area (Å²) in [7, 11) is 1.72. The van der Waals surface area contributed by atoms with Gasteiger partial charge in [0, 0.05) is 12.6 Å². The van der Waals surface area contributed by atoms with E-state index in [1.54, 1.807) is 41.9 Å². The number of hydrogen-bond acceptors (Lipinski definition) is 5. The van der Waals surface area contributed by atoms with E-state index in [4.69, 9.17) is 10.00 Å². The van der Waals surface area contributed by atoms with Crippen LogP contribution in [-0.2, 0) is 19.8 Å². The van der Waals surface area contributed by atoms with E-state index in [1.165, 1.54) is 18.5 Å². The summed E-state index contributed by atoms with van der Waals surface area (Å²) in [5, 5.41) is 18.2. The fourth-order valence-corrected chi connectivity index (χ4v) is 3.23. The summed E-state index contributed by atoms with van der Waals surface area (Å²) in [5.41, 5.74) is 1.55. The number of rotatable bonds is 4. The van der Waals surface area contributed by atoms with Crippen molar-refractivity contribution in [2.24, 2.45) is 7.05 Å². The third-order valence-electron chi connectivity index (χ3n) is 4.88. The van der Waals surface area contributed by atoms with E-state index < -0.39 is 11.7 Å². The van der Waals surface area contributed by atoms with Crippen molar-refractivity contribution >= 4 is 11.0 Å². The molecule has 32 heavy (non-hydrogen) atoms. The van der Waals surface area contributed by atoms with Crippen LogP contribution in [0.2, 0.25) is 0 Å². The first-order valence-corrected chi connectivity index (χ1v) is 9.36. The lowest BCUT2D eigenvalue weighted by Gasteiger charge is -2.15. The summed E-state index contributed by atoms with van der Waals surface area (Å²) in [6.07, 6.45) is -3.15. The number of aromatic nitrogens is 3. The molecule has 0 saturated heterocycles. The second-order valence-corrected chi connectivity index (χ2v) is 7.00. The highest BCUT2D eigenvalue weighted by Gasteiger charge is 2.35. The Labute approximate surface area is 180 Å². The zero-order valence-electron chi connectivity index (χ0n) is 16.7. The Hall–Kier alpha value is -4.37. The minimum Gasteiger partial charge on any atom is -0.488 e. The average molecular weight is 433 g/mol. The molecule has 0 atom stereocenters. The number of benzene rings is 2. The monoisotopic (exact) mass is 433 g/mol. The van der Waals surface area contributed by atoms with Crippen LogP contribution >= 0.6 is 0 Å². The van der Waals surface area contributed by atoms with Crippen molar-refractivity contribution in [3.8, 4) is 29.1 Å². The van der Waals surface area contributed by atoms with E-state index in [0.29, 0.717) is 22.2 Å². The maximum atomic E-state index is 13.8. The fourth-order valence-electron chi connectivity index (χ4n) is 3.23. The van der Waals surface area contributed by atoms with E-state index in [2.05, 4.69) is 9.97 Å². The standard InChI is InChI=1S/C23H14F3N5O/c1-31-13-29-22-19(11-28)30-18(9-20(22)31)16-6-7-21(17(8-16)23(24,25)26)32-12-15-4-2-14(10-27)3-5-15/h2-9,13H,12H2,1H3. The van der Waals surface area contributed by atoms with Crippen LogP contribution in [0.25, 0.3) is 22.3 Å². The van der Waals surface area contributed by atoms with Gasteiger partial charge in [-0.1, -0.05) is 12.1 Å². The summed E-state index contributed by atoms with van der Waals surface area (Å²) >= 11 is 0. The zero-order chi connectivity index (χ0) is 22.9. The molecule has 0 fully saturated rings. The van der Waals surface area contributed by atoms with Gasteiger partial charge in [-0.3, -0.25) is 0 Å². The van der Waals surface area contributed by atoms with Gasteiger partial charge in [-0.15, -0.1) is 0 Å². The number of pyridine rings is 1. The van der Waals surface area contributed by atoms with Crippen LogP contribution in [-0.4, -0.2) is 14.5 Å². The van der Waals surface area contributed by atoms with E-state index in [9.17, 15) is 18.4 Å². The van der Waals surface area contributed by atoms with E-state index >= 15 is 0 Å². The third kappa shape index (κ3) is 3.96. The Morgan fingerprint density at radius 3 is 2.44 bits per heavy atom. The summed E-state index contributed by atoms with van der Waals surface area (Å²) < 4.78 is 48.4. The number of ether oxygens (including phenoxy) is 1. The summed E-state index contributed by atoms with van der Waals surface area (Å²) in [4.78, 5) is 8.31. The van der Waals surface area contributed by atoms with E-state index in [-0.39, 0.29) is 29.3 Å². The molecule has 0 bridgehead atoms. The second kappa shape index (κ2) is 8.05. The number of nitrogens with zero attached hydrogens (tertiary/aromatic N) is 5. The topological polar surface area (TPSA) is 87.5 Å². The van der Waals surface area contributed by atoms with Crippen molar-refractivity contribution in [1.29, 1.82) is 10.5 Å². The maximum Gasteiger partial charge on any atom is 0.419 e. The van der Waals surface area contributed by atoms with Gasteiger partial charge < -0.3 is 9.30 Å². The minimum absolute atomic E-state index is 0.0350. The molecule has 0 amide bonds. The Bertz CT molecular complexity index is 1390. The van der Waals surface area contributed by atoms with Crippen LogP contribution in [0.15, 0.2) is 54.9 Å². The van der Waals surface area contributed by atoms with Gasteiger partial charge in [-0.25, -0.2) is 9.97 Å². The number of halogens is 3. The van der Waals surface area contributed by atoms with Gasteiger partial charge in [0.2, 0.25) is 0 Å². The lowest BCUT2D eigenvalue weighted by atomic mass is 10.0. The smallest absolute Gasteiger partial charge is 0.419 e. The first-order valence-electron chi connectivity index (χ1n) is 9.36. The van der Waals surface area contributed by atoms with Crippen LogP contribution in [0, 0.1) is 22.7 Å². The highest BCUT2D eigenvalue weighted by Crippen LogP contribution is 2.39. The van der Waals surface area contributed by atoms with Gasteiger partial charge in [0.1, 0.15) is 23.9 Å². The fraction of sp³-hybridized carbons (Fsp3) is 0.130. The molecule has 0 aliphatic rings. The molecule has 6 nitrogen and oxygen atoms in total. The summed E-state index contributed by atoms with van der Waals surface area (Å²) in [6.45, 7) is -0.0913. The largest absolute Gasteiger partial charge is 0.488 e. The Morgan fingerprint density at radius 1 is 1.03 bits per heavy atom. The van der Waals surface area contributed by atoms with Crippen molar-refractivity contribution in [1.82, 2.24) is 14.5 Å². The van der Waals surface area contributed by atoms with Gasteiger partial charge in [-0.05, 0) is 42.0 Å². The minimum atomic E-state index is -4.66. The highest BCUT2D eigenvalue weighted by molar-refractivity contribution is 5.84. The predicted octanol–water partition coefficient (Wildman–Crippen LogP) is 4.98. The molecule has 0 N–H and O–H groups in total. The molecule has 158 valence electrons. The molecule has 2 aromatic carbocycles. The molecule has 9 heteroatoms. The number of fused-ring (bicyclic) bond motifs is 1. The van der Waals surface area contributed by atoms with Crippen LogP contribution in [0.3, 0.4) is 0 Å². The normalized spacial score (nSPS) is 11.2. The Morgan fingerprint density at radius 2 is 1.78 bits per heavy atom. The van der Waals surface area contributed by atoms with E-state index in [0.717, 1.165) is 6.07 Å². The summed E-state index contributed by atoms with van der Waals surface area (Å²) in [5.74, 6) is -0.326. The van der Waals surface area contributed by atoms with Crippen molar-refractivity contribution in [3.63, 3.8) is 0 Å². The molecule has 2 aromatic heterocycles. The first-order chi connectivity index (χ1) is 15.3. The number of alkyl halides is 3. The van der Waals surface area contributed by atoms with Gasteiger partial charge in [0.25, 0.3) is 0 Å². The zero-order valence-corrected chi connectivity index (χ0v) is 16.7. The maximum absolute atomic E-state index is 13.8. The predicted molar refractivity (Wildman–Crippen MR) is 109 cm³/mol. The van der Waals surface area contributed by atoms with Gasteiger partial charge >= 0.3 is 6.18 Å². The molecule has 2 heterocycles. The molecule has 0 unspecified atom stereocenters. The van der Waals surface area contributed by atoms with Gasteiger partial charge in [0.05, 0.1) is 34.7 Å². The van der Waals surface area contributed by atoms with Crippen LogP contribution in [0.1, 0.15) is 22.4 Å². The van der Waals surface area contributed by atoms with Gasteiger partial charge in [0.15, 0.2) is 5.69 Å². The molecular formula is C23H14F3N5O. The van der Waals surface area contributed by atoms with Gasteiger partial charge in [-0.2, -0.15) is 23.7 Å². The lowest BCUT2D eigenvalue weighted by molar-refractivity contribution is -0.139. The van der Waals surface area contributed by atoms with Crippen LogP contribution < -0.4 is 4.74 Å². The Kier molecular flexibility index (Phi) is 5.25. The molecule has 4 aromatic rings. The summed E-state index contributed by atoms with van der Waals surface area (Å²) in [6, 6.07) is 15.6. The van der Waals surface area contributed by atoms with Crippen molar-refractivity contribution in [3.05, 3.63) is 77.2 Å². The first kappa shape index (κ1) is 20.9. The molecule has 4 rings (SSSR count). The molecule has 0 saturated carbocycles. The molecule has 0 aliphatic carbocycles. The lowest BCUT2D eigenvalue weighted by Crippen LogP contribution is -2.09. The van der Waals surface area contributed by atoms with Crippen molar-refractivity contribution < 1.29 is 17.9 Å². The average Bonchev–Trinajstić information content (AvgIpc) is 3.17.